The van der Waals surface area contributed by atoms with E-state index in [2.05, 4.69) is 4.72 Å². The molecule has 3 rings (SSSR count). The van der Waals surface area contributed by atoms with Gasteiger partial charge in [-0.25, -0.2) is 25.9 Å². The molecule has 2 aromatic carbocycles. The van der Waals surface area contributed by atoms with Crippen molar-refractivity contribution in [3.63, 3.8) is 0 Å². The van der Waals surface area contributed by atoms with Crippen molar-refractivity contribution >= 4 is 19.9 Å². The number of aryl methyl sites for hydroxylation is 1. The molecule has 1 aromatic heterocycles. The monoisotopic (exact) mass is 453 g/mol. The second kappa shape index (κ2) is 8.58. The zero-order chi connectivity index (χ0) is 21.9. The van der Waals surface area contributed by atoms with Crippen LogP contribution in [0.5, 0.6) is 5.75 Å². The van der Waals surface area contributed by atoms with Crippen molar-refractivity contribution < 1.29 is 30.4 Å². The van der Waals surface area contributed by atoms with Crippen molar-refractivity contribution in [1.82, 2.24) is 4.72 Å². The van der Waals surface area contributed by atoms with Crippen LogP contribution >= 0.6 is 0 Å². The van der Waals surface area contributed by atoms with Gasteiger partial charge in [-0.15, -0.1) is 0 Å². The minimum absolute atomic E-state index is 0.0539. The first-order valence-electron chi connectivity index (χ1n) is 8.82. The molecule has 1 atom stereocenters. The lowest BCUT2D eigenvalue weighted by Crippen LogP contribution is -2.32. The Kier molecular flexibility index (Phi) is 6.30. The summed E-state index contributed by atoms with van der Waals surface area (Å²) in [6.45, 7) is 1.23. The molecule has 0 aliphatic heterocycles. The lowest BCUT2D eigenvalue weighted by molar-refractivity contribution is 0.402. The molecule has 1 heterocycles. The molecule has 30 heavy (non-hydrogen) atoms. The first-order valence-corrected chi connectivity index (χ1v) is 11.9. The summed E-state index contributed by atoms with van der Waals surface area (Å²) in [4.78, 5) is -0.264. The van der Waals surface area contributed by atoms with Crippen molar-refractivity contribution in [1.29, 1.82) is 0 Å². The third-order valence-electron chi connectivity index (χ3n) is 4.44. The molecule has 0 saturated heterocycles. The first kappa shape index (κ1) is 22.0. The highest BCUT2D eigenvalue weighted by molar-refractivity contribution is 7.92. The highest BCUT2D eigenvalue weighted by atomic mass is 32.2. The third-order valence-corrected chi connectivity index (χ3v) is 7.97. The lowest BCUT2D eigenvalue weighted by Gasteiger charge is -2.18. The Morgan fingerprint density at radius 2 is 1.77 bits per heavy atom. The van der Waals surface area contributed by atoms with Gasteiger partial charge in [0.1, 0.15) is 27.5 Å². The Morgan fingerprint density at radius 3 is 2.37 bits per heavy atom. The molecule has 1 unspecified atom stereocenters. The fourth-order valence-electron chi connectivity index (χ4n) is 2.88. The van der Waals surface area contributed by atoms with E-state index in [1.165, 1.54) is 37.6 Å². The van der Waals surface area contributed by atoms with Gasteiger partial charge in [0.05, 0.1) is 18.3 Å². The average Bonchev–Trinajstić information content (AvgIpc) is 3.22. The molecule has 7 nitrogen and oxygen atoms in total. The molecule has 0 bridgehead atoms. The van der Waals surface area contributed by atoms with E-state index in [1.54, 1.807) is 13.0 Å². The number of sulfonamides is 1. The van der Waals surface area contributed by atoms with Crippen LogP contribution in [-0.4, -0.2) is 30.5 Å². The summed E-state index contributed by atoms with van der Waals surface area (Å²) in [5.74, 6) is -0.405. The summed E-state index contributed by atoms with van der Waals surface area (Å²) in [7, 11) is -6.85. The molecular formula is C20H20FNO6S2. The molecule has 1 N–H and O–H groups in total. The SMILES string of the molecule is COc1ccc(C)cc1S(=O)(=O)NCC(c1ccco1)S(=O)(=O)c1ccc(F)cc1. The summed E-state index contributed by atoms with van der Waals surface area (Å²) in [5, 5.41) is -1.36. The molecule has 0 fully saturated rings. The minimum Gasteiger partial charge on any atom is -0.495 e. The van der Waals surface area contributed by atoms with Crippen molar-refractivity contribution in [2.24, 2.45) is 0 Å². The second-order valence-electron chi connectivity index (χ2n) is 6.51. The molecule has 0 aliphatic rings. The summed E-state index contributed by atoms with van der Waals surface area (Å²) in [6.07, 6.45) is 1.29. The Hall–Kier alpha value is -2.69. The first-order chi connectivity index (χ1) is 14.1. The van der Waals surface area contributed by atoms with Crippen LogP contribution < -0.4 is 9.46 Å². The van der Waals surface area contributed by atoms with Gasteiger partial charge < -0.3 is 9.15 Å². The maximum Gasteiger partial charge on any atom is 0.244 e. The van der Waals surface area contributed by atoms with E-state index < -0.39 is 37.5 Å². The van der Waals surface area contributed by atoms with Gasteiger partial charge >= 0.3 is 0 Å². The predicted octanol–water partition coefficient (Wildman–Crippen LogP) is 3.23. The van der Waals surface area contributed by atoms with Gasteiger partial charge in [-0.3, -0.25) is 0 Å². The van der Waals surface area contributed by atoms with Crippen molar-refractivity contribution in [2.75, 3.05) is 13.7 Å². The normalized spacial score (nSPS) is 13.2. The van der Waals surface area contributed by atoms with E-state index in [9.17, 15) is 21.2 Å². The molecule has 0 saturated carbocycles. The van der Waals surface area contributed by atoms with Crippen molar-refractivity contribution in [2.45, 2.75) is 22.0 Å². The molecule has 0 radical (unpaired) electrons. The Morgan fingerprint density at radius 1 is 1.07 bits per heavy atom. The van der Waals surface area contributed by atoms with Gasteiger partial charge in [0, 0.05) is 6.54 Å². The zero-order valence-corrected chi connectivity index (χ0v) is 17.8. The Bertz CT molecular complexity index is 1220. The van der Waals surface area contributed by atoms with E-state index in [-0.39, 0.29) is 21.3 Å². The topological polar surface area (TPSA) is 103 Å². The molecule has 3 aromatic rings. The number of benzene rings is 2. The number of hydrogen-bond acceptors (Lipinski definition) is 6. The molecule has 0 aliphatic carbocycles. The maximum absolute atomic E-state index is 13.2. The Balaban J connectivity index is 1.96. The van der Waals surface area contributed by atoms with Gasteiger partial charge in [0.25, 0.3) is 0 Å². The highest BCUT2D eigenvalue weighted by Crippen LogP contribution is 2.30. The predicted molar refractivity (Wildman–Crippen MR) is 108 cm³/mol. The number of rotatable bonds is 8. The smallest absolute Gasteiger partial charge is 0.244 e. The quantitative estimate of drug-likeness (QED) is 0.526. The van der Waals surface area contributed by atoms with E-state index in [0.29, 0.717) is 5.56 Å². The van der Waals surface area contributed by atoms with Crippen LogP contribution in [0.25, 0.3) is 0 Å². The molecular weight excluding hydrogens is 433 g/mol. The van der Waals surface area contributed by atoms with Crippen LogP contribution in [0.4, 0.5) is 4.39 Å². The highest BCUT2D eigenvalue weighted by Gasteiger charge is 2.33. The number of sulfone groups is 1. The summed E-state index contributed by atoms with van der Waals surface area (Å²) < 4.78 is 78.0. The van der Waals surface area contributed by atoms with Gasteiger partial charge in [0.2, 0.25) is 10.0 Å². The fraction of sp³-hybridized carbons (Fsp3) is 0.200. The number of methoxy groups -OCH3 is 1. The summed E-state index contributed by atoms with van der Waals surface area (Å²) >= 11 is 0. The van der Waals surface area contributed by atoms with Crippen LogP contribution in [0.2, 0.25) is 0 Å². The molecule has 0 amide bonds. The maximum atomic E-state index is 13.2. The molecule has 0 spiro atoms. The number of ether oxygens (including phenoxy) is 1. The Labute approximate surface area is 174 Å². The summed E-state index contributed by atoms with van der Waals surface area (Å²) in [5.41, 5.74) is 0.692. The largest absolute Gasteiger partial charge is 0.495 e. The van der Waals surface area contributed by atoms with Gasteiger partial charge in [-0.05, 0) is 61.0 Å². The minimum atomic E-state index is -4.10. The number of hydrogen-bond donors (Lipinski definition) is 1. The lowest BCUT2D eigenvalue weighted by atomic mass is 10.2. The van der Waals surface area contributed by atoms with Gasteiger partial charge in [-0.2, -0.15) is 0 Å². The average molecular weight is 454 g/mol. The number of nitrogens with one attached hydrogen (secondary N) is 1. The molecule has 160 valence electrons. The number of furan rings is 1. The number of halogens is 1. The van der Waals surface area contributed by atoms with Crippen LogP contribution in [0.3, 0.4) is 0 Å². The standard InChI is InChI=1S/C20H20FNO6S2/c1-14-5-10-17(27-2)19(12-14)30(25,26)22-13-20(18-4-3-11-28-18)29(23,24)16-8-6-15(21)7-9-16/h3-12,20,22H,13H2,1-2H3. The van der Waals surface area contributed by atoms with Crippen molar-refractivity contribution in [3.05, 3.63) is 78.0 Å². The van der Waals surface area contributed by atoms with Gasteiger partial charge in [-0.1, -0.05) is 6.07 Å². The van der Waals surface area contributed by atoms with Crippen LogP contribution in [0, 0.1) is 12.7 Å². The molecule has 10 heteroatoms. The second-order valence-corrected chi connectivity index (χ2v) is 10.4. The van der Waals surface area contributed by atoms with Crippen LogP contribution in [0.1, 0.15) is 16.6 Å². The van der Waals surface area contributed by atoms with Crippen LogP contribution in [0.15, 0.2) is 75.1 Å². The van der Waals surface area contributed by atoms with E-state index in [4.69, 9.17) is 9.15 Å². The van der Waals surface area contributed by atoms with E-state index >= 15 is 0 Å². The summed E-state index contributed by atoms with van der Waals surface area (Å²) in [6, 6.07) is 11.9. The van der Waals surface area contributed by atoms with E-state index in [1.807, 2.05) is 0 Å². The third kappa shape index (κ3) is 4.55. The fourth-order valence-corrected chi connectivity index (χ4v) is 5.87. The van der Waals surface area contributed by atoms with Gasteiger partial charge in [0.15, 0.2) is 9.84 Å². The van der Waals surface area contributed by atoms with Crippen molar-refractivity contribution in [3.8, 4) is 5.75 Å². The van der Waals surface area contributed by atoms with Crippen LogP contribution in [-0.2, 0) is 19.9 Å². The van der Waals surface area contributed by atoms with E-state index in [0.717, 1.165) is 24.3 Å². The zero-order valence-electron chi connectivity index (χ0n) is 16.2.